The number of dihydropyridines is 1. The molecular formula is C28H29BrClN3O2. The lowest BCUT2D eigenvalue weighted by Crippen LogP contribution is -2.52. The number of methoxy groups -OCH3 is 1. The van der Waals surface area contributed by atoms with Crippen molar-refractivity contribution in [2.24, 2.45) is 4.99 Å². The average molecular weight is 555 g/mol. The number of benzene rings is 2. The third-order valence-electron chi connectivity index (χ3n) is 7.09. The predicted octanol–water partition coefficient (Wildman–Crippen LogP) is 6.06. The molecule has 2 aromatic carbocycles. The van der Waals surface area contributed by atoms with Crippen molar-refractivity contribution in [2.75, 3.05) is 13.7 Å². The molecule has 2 aliphatic rings. The maximum atomic E-state index is 12.3. The summed E-state index contributed by atoms with van der Waals surface area (Å²) in [6.07, 6.45) is 9.08. The highest BCUT2D eigenvalue weighted by Gasteiger charge is 2.44. The first-order valence-electron chi connectivity index (χ1n) is 12.0. The summed E-state index contributed by atoms with van der Waals surface area (Å²) in [7, 11) is 1.64. The molecule has 0 aliphatic carbocycles. The Morgan fingerprint density at radius 1 is 1.23 bits per heavy atom. The number of fused-ring (bicyclic) bond motifs is 1. The second-order valence-corrected chi connectivity index (χ2v) is 10.8. The van der Waals surface area contributed by atoms with E-state index in [9.17, 15) is 5.11 Å². The van der Waals surface area contributed by atoms with Gasteiger partial charge in [-0.25, -0.2) is 4.98 Å². The lowest BCUT2D eigenvalue weighted by atomic mass is 9.70. The molecule has 1 saturated heterocycles. The smallest absolute Gasteiger partial charge is 0.217 e. The number of hydrogen-bond donors (Lipinski definition) is 2. The molecule has 2 aliphatic heterocycles. The zero-order valence-corrected chi connectivity index (χ0v) is 22.0. The van der Waals surface area contributed by atoms with Crippen molar-refractivity contribution in [3.63, 3.8) is 0 Å². The van der Waals surface area contributed by atoms with Crippen LogP contribution in [0.2, 0.25) is 5.02 Å². The van der Waals surface area contributed by atoms with Gasteiger partial charge in [0.1, 0.15) is 0 Å². The van der Waals surface area contributed by atoms with Crippen LogP contribution in [-0.2, 0) is 0 Å². The van der Waals surface area contributed by atoms with E-state index in [2.05, 4.69) is 38.4 Å². The standard InChI is InChI=1S/C28H29BrClN3O2/c1-35-27-24(15-19-14-20(29)7-10-25(19)33-27)26(18-5-8-21(30)9-6-18)28(34)11-13-32-23(17-28)16-22-4-2-3-12-31-22/h2-3,5-10,12,14-15,22-23,26,32,34H,4,11,13,16-17H2,1H3. The van der Waals surface area contributed by atoms with Crippen LogP contribution in [0.3, 0.4) is 0 Å². The van der Waals surface area contributed by atoms with Gasteiger partial charge in [0.05, 0.1) is 24.3 Å². The predicted molar refractivity (Wildman–Crippen MR) is 146 cm³/mol. The van der Waals surface area contributed by atoms with E-state index >= 15 is 0 Å². The summed E-state index contributed by atoms with van der Waals surface area (Å²) < 4.78 is 6.77. The molecule has 2 N–H and O–H groups in total. The molecule has 0 amide bonds. The highest BCUT2D eigenvalue weighted by atomic mass is 79.9. The van der Waals surface area contributed by atoms with Crippen molar-refractivity contribution in [1.29, 1.82) is 0 Å². The van der Waals surface area contributed by atoms with E-state index < -0.39 is 5.60 Å². The monoisotopic (exact) mass is 553 g/mol. The molecule has 4 atom stereocenters. The Bertz CT molecular complexity index is 1260. The minimum Gasteiger partial charge on any atom is -0.481 e. The van der Waals surface area contributed by atoms with E-state index in [1.54, 1.807) is 7.11 Å². The number of aliphatic imine (C=N–C) groups is 1. The van der Waals surface area contributed by atoms with Crippen LogP contribution in [0.5, 0.6) is 5.88 Å². The third-order valence-corrected chi connectivity index (χ3v) is 7.83. The summed E-state index contributed by atoms with van der Waals surface area (Å²) in [5.41, 5.74) is 1.72. The van der Waals surface area contributed by atoms with Gasteiger partial charge >= 0.3 is 0 Å². The Morgan fingerprint density at radius 2 is 2.06 bits per heavy atom. The molecule has 7 heteroatoms. The lowest BCUT2D eigenvalue weighted by molar-refractivity contribution is -0.0208. The largest absolute Gasteiger partial charge is 0.481 e. The van der Waals surface area contributed by atoms with Crippen LogP contribution in [0.15, 0.2) is 70.1 Å². The molecule has 3 heterocycles. The summed E-state index contributed by atoms with van der Waals surface area (Å²) in [6, 6.07) is 16.3. The zero-order valence-electron chi connectivity index (χ0n) is 19.6. The fourth-order valence-electron chi connectivity index (χ4n) is 5.49. The number of nitrogens with zero attached hydrogens (tertiary/aromatic N) is 2. The van der Waals surface area contributed by atoms with Gasteiger partial charge in [-0.1, -0.05) is 45.7 Å². The molecule has 1 fully saturated rings. The van der Waals surface area contributed by atoms with Crippen LogP contribution in [0, 0.1) is 0 Å². The van der Waals surface area contributed by atoms with Gasteiger partial charge in [0, 0.05) is 38.6 Å². The second-order valence-electron chi connectivity index (χ2n) is 9.47. The maximum absolute atomic E-state index is 12.3. The van der Waals surface area contributed by atoms with Gasteiger partial charge < -0.3 is 15.2 Å². The molecule has 5 nitrogen and oxygen atoms in total. The van der Waals surface area contributed by atoms with E-state index in [1.807, 2.05) is 54.8 Å². The van der Waals surface area contributed by atoms with E-state index in [1.165, 1.54) is 0 Å². The Balaban J connectivity index is 1.58. The highest BCUT2D eigenvalue weighted by Crippen LogP contribution is 2.45. The van der Waals surface area contributed by atoms with Gasteiger partial charge in [0.15, 0.2) is 0 Å². The summed E-state index contributed by atoms with van der Waals surface area (Å²) >= 11 is 9.81. The number of rotatable bonds is 6. The van der Waals surface area contributed by atoms with Gasteiger partial charge in [-0.2, -0.15) is 0 Å². The number of ether oxygens (including phenoxy) is 1. The SMILES string of the molecule is COc1nc2ccc(Br)cc2cc1C(c1ccc(Cl)cc1)C1(O)CCNC(CC2CC=CC=N2)C1. The van der Waals surface area contributed by atoms with Crippen molar-refractivity contribution < 1.29 is 9.84 Å². The van der Waals surface area contributed by atoms with Gasteiger partial charge in [-0.05, 0) is 80.3 Å². The Hall–Kier alpha value is -2.25. The number of aromatic nitrogens is 1. The number of halogens is 2. The first-order valence-corrected chi connectivity index (χ1v) is 13.2. The third kappa shape index (κ3) is 5.31. The van der Waals surface area contributed by atoms with Crippen molar-refractivity contribution in [3.05, 3.63) is 81.3 Å². The average Bonchev–Trinajstić information content (AvgIpc) is 2.85. The summed E-state index contributed by atoms with van der Waals surface area (Å²) in [4.78, 5) is 9.44. The molecule has 1 aromatic heterocycles. The highest BCUT2D eigenvalue weighted by molar-refractivity contribution is 9.10. The minimum absolute atomic E-state index is 0.158. The Morgan fingerprint density at radius 3 is 2.80 bits per heavy atom. The molecule has 0 saturated carbocycles. The van der Waals surface area contributed by atoms with Crippen LogP contribution in [-0.4, -0.2) is 47.6 Å². The van der Waals surface area contributed by atoms with Crippen LogP contribution in [0.4, 0.5) is 0 Å². The normalized spacial score (nSPS) is 25.0. The first-order chi connectivity index (χ1) is 16.9. The lowest BCUT2D eigenvalue weighted by Gasteiger charge is -2.44. The number of aliphatic hydroxyl groups is 1. The van der Waals surface area contributed by atoms with Crippen LogP contribution in [0.25, 0.3) is 10.9 Å². The van der Waals surface area contributed by atoms with E-state index in [4.69, 9.17) is 21.3 Å². The summed E-state index contributed by atoms with van der Waals surface area (Å²) in [6.45, 7) is 0.729. The molecule has 182 valence electrons. The fraction of sp³-hybridized carbons (Fsp3) is 0.357. The molecule has 0 spiro atoms. The maximum Gasteiger partial charge on any atom is 0.217 e. The van der Waals surface area contributed by atoms with Crippen molar-refractivity contribution in [1.82, 2.24) is 10.3 Å². The van der Waals surface area contributed by atoms with Crippen molar-refractivity contribution in [2.45, 2.75) is 49.3 Å². The molecular weight excluding hydrogens is 526 g/mol. The van der Waals surface area contributed by atoms with Crippen molar-refractivity contribution >= 4 is 44.6 Å². The minimum atomic E-state index is -0.993. The molecule has 3 aromatic rings. The summed E-state index contributed by atoms with van der Waals surface area (Å²) in [5, 5.41) is 17.6. The summed E-state index contributed by atoms with van der Waals surface area (Å²) in [5.74, 6) is 0.204. The second kappa shape index (κ2) is 10.4. The Kier molecular flexibility index (Phi) is 7.26. The van der Waals surface area contributed by atoms with Gasteiger partial charge in [0.2, 0.25) is 5.88 Å². The topological polar surface area (TPSA) is 66.7 Å². The Labute approximate surface area is 219 Å². The number of pyridine rings is 1. The van der Waals surface area contributed by atoms with Crippen LogP contribution < -0.4 is 10.1 Å². The van der Waals surface area contributed by atoms with Gasteiger partial charge in [-0.3, -0.25) is 4.99 Å². The van der Waals surface area contributed by atoms with Crippen LogP contribution >= 0.6 is 27.5 Å². The van der Waals surface area contributed by atoms with E-state index in [0.717, 1.165) is 45.9 Å². The molecule has 35 heavy (non-hydrogen) atoms. The molecule has 5 rings (SSSR count). The van der Waals surface area contributed by atoms with Gasteiger partial charge in [0.25, 0.3) is 0 Å². The van der Waals surface area contributed by atoms with Gasteiger partial charge in [-0.15, -0.1) is 0 Å². The number of allylic oxidation sites excluding steroid dienone is 1. The number of hydrogen-bond acceptors (Lipinski definition) is 5. The van der Waals surface area contributed by atoms with E-state index in [0.29, 0.717) is 23.7 Å². The zero-order chi connectivity index (χ0) is 24.4. The molecule has 4 unspecified atom stereocenters. The number of nitrogens with one attached hydrogen (secondary N) is 1. The molecule has 0 radical (unpaired) electrons. The van der Waals surface area contributed by atoms with E-state index in [-0.39, 0.29) is 18.0 Å². The van der Waals surface area contributed by atoms with Crippen LogP contribution in [0.1, 0.15) is 42.7 Å². The van der Waals surface area contributed by atoms with Crippen molar-refractivity contribution in [3.8, 4) is 5.88 Å². The quantitative estimate of drug-likeness (QED) is 0.388. The number of piperidine rings is 1. The first kappa shape index (κ1) is 24.4. The molecule has 0 bridgehead atoms. The fourth-order valence-corrected chi connectivity index (χ4v) is 5.99.